The molecule has 0 radical (unpaired) electrons. The van der Waals surface area contributed by atoms with E-state index in [1.54, 1.807) is 0 Å². The molecule has 1 unspecified atom stereocenters. The second-order valence-electron chi connectivity index (χ2n) is 6.72. The van der Waals surface area contributed by atoms with Crippen LogP contribution in [-0.4, -0.2) is 22.9 Å². The van der Waals surface area contributed by atoms with E-state index >= 15 is 0 Å². The lowest BCUT2D eigenvalue weighted by Gasteiger charge is -2.35. The predicted octanol–water partition coefficient (Wildman–Crippen LogP) is 3.50. The molecule has 3 nitrogen and oxygen atoms in total. The summed E-state index contributed by atoms with van der Waals surface area (Å²) in [6.45, 7) is 7.85. The van der Waals surface area contributed by atoms with Crippen LogP contribution in [-0.2, 0) is 13.0 Å². The normalized spacial score (nSPS) is 25.1. The quantitative estimate of drug-likeness (QED) is 0.862. The van der Waals surface area contributed by atoms with E-state index in [1.807, 2.05) is 10.9 Å². The molecule has 1 aromatic heterocycles. The topological polar surface area (TPSA) is 29.9 Å². The van der Waals surface area contributed by atoms with E-state index < -0.39 is 0 Å². The molecule has 20 heavy (non-hydrogen) atoms. The summed E-state index contributed by atoms with van der Waals surface area (Å²) >= 11 is 0. The van der Waals surface area contributed by atoms with Gasteiger partial charge in [0.1, 0.15) is 0 Å². The Balaban J connectivity index is 1.89. The van der Waals surface area contributed by atoms with Crippen molar-refractivity contribution in [3.05, 3.63) is 18.0 Å². The third-order valence-corrected chi connectivity index (χ3v) is 5.17. The van der Waals surface area contributed by atoms with Crippen LogP contribution in [0, 0.1) is 17.8 Å². The molecule has 0 aromatic carbocycles. The molecule has 0 bridgehead atoms. The molecule has 1 heterocycles. The Morgan fingerprint density at radius 1 is 1.25 bits per heavy atom. The molecule has 114 valence electrons. The summed E-state index contributed by atoms with van der Waals surface area (Å²) in [7, 11) is 2.11. The van der Waals surface area contributed by atoms with Crippen molar-refractivity contribution in [1.82, 2.24) is 15.1 Å². The SMILES string of the molecule is CCn1cc(CC(NC)C2CCC(C(C)C)CC2)cn1. The summed E-state index contributed by atoms with van der Waals surface area (Å²) in [6, 6.07) is 0.609. The second kappa shape index (κ2) is 7.26. The van der Waals surface area contributed by atoms with Gasteiger partial charge in [0.2, 0.25) is 0 Å². The lowest BCUT2D eigenvalue weighted by Crippen LogP contribution is -2.38. The fourth-order valence-electron chi connectivity index (χ4n) is 3.66. The van der Waals surface area contributed by atoms with Crippen LogP contribution in [0.15, 0.2) is 12.4 Å². The molecule has 2 rings (SSSR count). The van der Waals surface area contributed by atoms with Gasteiger partial charge in [0, 0.05) is 18.8 Å². The molecular formula is C17H31N3. The van der Waals surface area contributed by atoms with Gasteiger partial charge in [-0.05, 0) is 69.4 Å². The molecule has 3 heteroatoms. The molecule has 0 saturated heterocycles. The summed E-state index contributed by atoms with van der Waals surface area (Å²) in [5, 5.41) is 7.95. The second-order valence-corrected chi connectivity index (χ2v) is 6.72. The Labute approximate surface area is 124 Å². The zero-order valence-electron chi connectivity index (χ0n) is 13.6. The van der Waals surface area contributed by atoms with Crippen LogP contribution in [0.3, 0.4) is 0 Å². The number of nitrogens with one attached hydrogen (secondary N) is 1. The van der Waals surface area contributed by atoms with E-state index in [0.717, 1.165) is 30.7 Å². The maximum absolute atomic E-state index is 4.39. The molecule has 1 saturated carbocycles. The van der Waals surface area contributed by atoms with Crippen molar-refractivity contribution in [2.45, 2.75) is 65.5 Å². The lowest BCUT2D eigenvalue weighted by molar-refractivity contribution is 0.191. The molecule has 0 spiro atoms. The van der Waals surface area contributed by atoms with Crippen molar-refractivity contribution in [2.24, 2.45) is 17.8 Å². The fraction of sp³-hybridized carbons (Fsp3) is 0.824. The highest BCUT2D eigenvalue weighted by Crippen LogP contribution is 2.35. The number of rotatable bonds is 6. The molecule has 1 aromatic rings. The highest BCUT2D eigenvalue weighted by Gasteiger charge is 2.28. The molecule has 1 fully saturated rings. The van der Waals surface area contributed by atoms with Crippen LogP contribution in [0.25, 0.3) is 0 Å². The minimum absolute atomic E-state index is 0.609. The van der Waals surface area contributed by atoms with Crippen molar-refractivity contribution in [2.75, 3.05) is 7.05 Å². The van der Waals surface area contributed by atoms with Crippen LogP contribution in [0.1, 0.15) is 52.0 Å². The first-order chi connectivity index (χ1) is 9.63. The number of aromatic nitrogens is 2. The van der Waals surface area contributed by atoms with Crippen molar-refractivity contribution in [3.8, 4) is 0 Å². The van der Waals surface area contributed by atoms with Crippen molar-refractivity contribution >= 4 is 0 Å². The number of aryl methyl sites for hydroxylation is 1. The smallest absolute Gasteiger partial charge is 0.0522 e. The highest BCUT2D eigenvalue weighted by atomic mass is 15.3. The van der Waals surface area contributed by atoms with Crippen LogP contribution >= 0.6 is 0 Å². The number of nitrogens with zero attached hydrogens (tertiary/aromatic N) is 2. The van der Waals surface area contributed by atoms with Gasteiger partial charge in [-0.25, -0.2) is 0 Å². The van der Waals surface area contributed by atoms with E-state index in [2.05, 4.69) is 44.4 Å². The van der Waals surface area contributed by atoms with E-state index in [9.17, 15) is 0 Å². The van der Waals surface area contributed by atoms with Gasteiger partial charge < -0.3 is 5.32 Å². The molecule has 0 amide bonds. The average Bonchev–Trinajstić information content (AvgIpc) is 2.92. The summed E-state index contributed by atoms with van der Waals surface area (Å²) in [5.41, 5.74) is 1.37. The van der Waals surface area contributed by atoms with Gasteiger partial charge in [-0.1, -0.05) is 13.8 Å². The van der Waals surface area contributed by atoms with Crippen molar-refractivity contribution < 1.29 is 0 Å². The predicted molar refractivity (Wildman–Crippen MR) is 84.7 cm³/mol. The Morgan fingerprint density at radius 3 is 2.40 bits per heavy atom. The Bertz CT molecular complexity index is 389. The summed E-state index contributed by atoms with van der Waals surface area (Å²) < 4.78 is 2.03. The van der Waals surface area contributed by atoms with Crippen LogP contribution in [0.4, 0.5) is 0 Å². The zero-order chi connectivity index (χ0) is 14.5. The maximum Gasteiger partial charge on any atom is 0.0522 e. The van der Waals surface area contributed by atoms with E-state index in [1.165, 1.54) is 31.2 Å². The van der Waals surface area contributed by atoms with Crippen LogP contribution < -0.4 is 5.32 Å². The number of hydrogen-bond acceptors (Lipinski definition) is 2. The van der Waals surface area contributed by atoms with Gasteiger partial charge in [0.25, 0.3) is 0 Å². The van der Waals surface area contributed by atoms with Crippen molar-refractivity contribution in [1.29, 1.82) is 0 Å². The monoisotopic (exact) mass is 277 g/mol. The van der Waals surface area contributed by atoms with Gasteiger partial charge in [0.15, 0.2) is 0 Å². The molecule has 1 aliphatic rings. The lowest BCUT2D eigenvalue weighted by atomic mass is 9.74. The summed E-state index contributed by atoms with van der Waals surface area (Å²) in [5.74, 6) is 2.64. The van der Waals surface area contributed by atoms with E-state index in [4.69, 9.17) is 0 Å². The maximum atomic E-state index is 4.39. The third kappa shape index (κ3) is 3.85. The number of likely N-dealkylation sites (N-methyl/N-ethyl adjacent to an activating group) is 1. The van der Waals surface area contributed by atoms with Gasteiger partial charge in [-0.3, -0.25) is 4.68 Å². The fourth-order valence-corrected chi connectivity index (χ4v) is 3.66. The van der Waals surface area contributed by atoms with E-state index in [0.29, 0.717) is 6.04 Å². The number of hydrogen-bond donors (Lipinski definition) is 1. The molecule has 1 N–H and O–H groups in total. The van der Waals surface area contributed by atoms with Gasteiger partial charge in [-0.15, -0.1) is 0 Å². The molecule has 1 aliphatic carbocycles. The van der Waals surface area contributed by atoms with Crippen LogP contribution in [0.2, 0.25) is 0 Å². The van der Waals surface area contributed by atoms with Crippen LogP contribution in [0.5, 0.6) is 0 Å². The first-order valence-corrected chi connectivity index (χ1v) is 8.32. The molecule has 1 atom stereocenters. The highest BCUT2D eigenvalue weighted by molar-refractivity contribution is 5.07. The summed E-state index contributed by atoms with van der Waals surface area (Å²) in [4.78, 5) is 0. The first-order valence-electron chi connectivity index (χ1n) is 8.32. The molecule has 0 aliphatic heterocycles. The van der Waals surface area contributed by atoms with Gasteiger partial charge >= 0.3 is 0 Å². The largest absolute Gasteiger partial charge is 0.316 e. The Morgan fingerprint density at radius 2 is 1.90 bits per heavy atom. The van der Waals surface area contributed by atoms with Gasteiger partial charge in [0.05, 0.1) is 6.20 Å². The average molecular weight is 277 g/mol. The standard InChI is InChI=1S/C17H31N3/c1-5-20-12-14(11-19-20)10-17(18-4)16-8-6-15(7-9-16)13(2)3/h11-13,15-18H,5-10H2,1-4H3. The summed E-state index contributed by atoms with van der Waals surface area (Å²) in [6.07, 6.45) is 10.9. The molecular weight excluding hydrogens is 246 g/mol. The first kappa shape index (κ1) is 15.6. The Hall–Kier alpha value is -0.830. The van der Waals surface area contributed by atoms with E-state index in [-0.39, 0.29) is 0 Å². The van der Waals surface area contributed by atoms with Gasteiger partial charge in [-0.2, -0.15) is 5.10 Å². The minimum atomic E-state index is 0.609. The third-order valence-electron chi connectivity index (χ3n) is 5.17. The minimum Gasteiger partial charge on any atom is -0.316 e. The Kier molecular flexibility index (Phi) is 5.64. The zero-order valence-corrected chi connectivity index (χ0v) is 13.6. The van der Waals surface area contributed by atoms with Crippen molar-refractivity contribution in [3.63, 3.8) is 0 Å².